The number of carbonyl (C=O) groups excluding carboxylic acids is 1. The molecule has 0 aliphatic rings. The highest BCUT2D eigenvalue weighted by atomic mass is 16.4. The highest BCUT2D eigenvalue weighted by Gasteiger charge is 2.18. The fourth-order valence-electron chi connectivity index (χ4n) is 2.12. The zero-order chi connectivity index (χ0) is 15.4. The Labute approximate surface area is 122 Å². The van der Waals surface area contributed by atoms with Crippen LogP contribution in [0, 0.1) is 12.8 Å². The lowest BCUT2D eigenvalue weighted by Crippen LogP contribution is -2.33. The van der Waals surface area contributed by atoms with Crippen molar-refractivity contribution in [3.63, 3.8) is 0 Å². The molecule has 1 unspecified atom stereocenters. The van der Waals surface area contributed by atoms with E-state index in [0.717, 1.165) is 6.42 Å². The number of carboxylic acid groups (broad SMARTS) is 1. The monoisotopic (exact) mass is 290 g/mol. The van der Waals surface area contributed by atoms with Gasteiger partial charge in [0.1, 0.15) is 5.82 Å². The van der Waals surface area contributed by atoms with Crippen LogP contribution in [0.15, 0.2) is 18.3 Å². The summed E-state index contributed by atoms with van der Waals surface area (Å²) in [6.07, 6.45) is 2.95. The molecule has 0 aliphatic carbocycles. The van der Waals surface area contributed by atoms with E-state index in [9.17, 15) is 9.59 Å². The van der Waals surface area contributed by atoms with Crippen LogP contribution in [0.4, 0.5) is 0 Å². The fourth-order valence-corrected chi connectivity index (χ4v) is 2.12. The first-order valence-electron chi connectivity index (χ1n) is 6.85. The van der Waals surface area contributed by atoms with Crippen LogP contribution in [0.5, 0.6) is 0 Å². The summed E-state index contributed by atoms with van der Waals surface area (Å²) in [6, 6.07) is 3.35. The van der Waals surface area contributed by atoms with Crippen molar-refractivity contribution in [1.82, 2.24) is 19.9 Å². The predicted octanol–water partition coefficient (Wildman–Crippen LogP) is 1.27. The fraction of sp³-hybridized carbons (Fsp3) is 0.429. The highest BCUT2D eigenvalue weighted by Crippen LogP contribution is 2.08. The maximum atomic E-state index is 12.1. The molecule has 0 aliphatic heterocycles. The van der Waals surface area contributed by atoms with Gasteiger partial charge in [-0.05, 0) is 25.5 Å². The van der Waals surface area contributed by atoms with E-state index in [1.165, 1.54) is 0 Å². The average molecular weight is 290 g/mol. The summed E-state index contributed by atoms with van der Waals surface area (Å²) in [7, 11) is 0. The van der Waals surface area contributed by atoms with Gasteiger partial charge in [-0.15, -0.1) is 10.2 Å². The molecule has 0 spiro atoms. The molecular formula is C14H18N4O3. The number of hydrogen-bond donors (Lipinski definition) is 2. The molecule has 2 heterocycles. The van der Waals surface area contributed by atoms with Gasteiger partial charge in [0.25, 0.3) is 5.91 Å². The van der Waals surface area contributed by atoms with Crippen LogP contribution in [0.3, 0.4) is 0 Å². The number of aromatic nitrogens is 3. The number of carbonyl (C=O) groups is 2. The number of aliphatic carboxylic acids is 1. The summed E-state index contributed by atoms with van der Waals surface area (Å²) in [6.45, 7) is 3.84. The second kappa shape index (κ2) is 6.34. The van der Waals surface area contributed by atoms with Crippen LogP contribution in [-0.4, -0.2) is 38.1 Å². The van der Waals surface area contributed by atoms with Crippen molar-refractivity contribution in [1.29, 1.82) is 0 Å². The van der Waals surface area contributed by atoms with Crippen molar-refractivity contribution in [2.45, 2.75) is 26.7 Å². The molecule has 0 fully saturated rings. The molecule has 112 valence electrons. The Morgan fingerprint density at radius 1 is 1.38 bits per heavy atom. The summed E-state index contributed by atoms with van der Waals surface area (Å²) >= 11 is 0. The number of nitrogens with one attached hydrogen (secondary N) is 1. The molecule has 1 atom stereocenters. The molecule has 2 N–H and O–H groups in total. The molecule has 0 bridgehead atoms. The van der Waals surface area contributed by atoms with Crippen LogP contribution in [-0.2, 0) is 4.79 Å². The third kappa shape index (κ3) is 3.36. The molecule has 2 rings (SSSR count). The predicted molar refractivity (Wildman–Crippen MR) is 76.1 cm³/mol. The van der Waals surface area contributed by atoms with Gasteiger partial charge in [0.15, 0.2) is 5.65 Å². The van der Waals surface area contributed by atoms with Crippen LogP contribution >= 0.6 is 0 Å². The Hall–Kier alpha value is -2.44. The van der Waals surface area contributed by atoms with E-state index in [-0.39, 0.29) is 12.5 Å². The second-order valence-electron chi connectivity index (χ2n) is 4.93. The van der Waals surface area contributed by atoms with Crippen LogP contribution in [0.2, 0.25) is 0 Å². The van der Waals surface area contributed by atoms with E-state index in [4.69, 9.17) is 5.11 Å². The number of hydrogen-bond acceptors (Lipinski definition) is 4. The molecule has 7 nitrogen and oxygen atoms in total. The lowest BCUT2D eigenvalue weighted by Gasteiger charge is -2.12. The van der Waals surface area contributed by atoms with Gasteiger partial charge in [-0.2, -0.15) is 0 Å². The van der Waals surface area contributed by atoms with E-state index in [2.05, 4.69) is 15.5 Å². The van der Waals surface area contributed by atoms with E-state index in [1.807, 2.05) is 6.92 Å². The minimum atomic E-state index is -0.887. The quantitative estimate of drug-likeness (QED) is 0.835. The minimum Gasteiger partial charge on any atom is -0.481 e. The Kier molecular flexibility index (Phi) is 4.52. The van der Waals surface area contributed by atoms with Gasteiger partial charge in [0.2, 0.25) is 0 Å². The van der Waals surface area contributed by atoms with Crippen LogP contribution < -0.4 is 5.32 Å². The number of rotatable bonds is 6. The molecule has 2 aromatic heterocycles. The van der Waals surface area contributed by atoms with Crippen molar-refractivity contribution in [3.8, 4) is 0 Å². The van der Waals surface area contributed by atoms with Crippen LogP contribution in [0.1, 0.15) is 35.9 Å². The highest BCUT2D eigenvalue weighted by molar-refractivity contribution is 5.94. The van der Waals surface area contributed by atoms with Gasteiger partial charge >= 0.3 is 5.97 Å². The molecule has 1 amide bonds. The first-order chi connectivity index (χ1) is 10.0. The second-order valence-corrected chi connectivity index (χ2v) is 4.93. The lowest BCUT2D eigenvalue weighted by atomic mass is 10.0. The number of amides is 1. The Morgan fingerprint density at radius 3 is 2.81 bits per heavy atom. The summed E-state index contributed by atoms with van der Waals surface area (Å²) in [5.74, 6) is -1.05. The largest absolute Gasteiger partial charge is 0.481 e. The summed E-state index contributed by atoms with van der Waals surface area (Å²) in [4.78, 5) is 23.1. The molecule has 0 saturated carbocycles. The Bertz CT molecular complexity index is 665. The van der Waals surface area contributed by atoms with Gasteiger partial charge < -0.3 is 10.4 Å². The van der Waals surface area contributed by atoms with Crippen molar-refractivity contribution < 1.29 is 14.7 Å². The topological polar surface area (TPSA) is 96.6 Å². The zero-order valence-corrected chi connectivity index (χ0v) is 12.0. The maximum Gasteiger partial charge on any atom is 0.308 e. The van der Waals surface area contributed by atoms with Crippen LogP contribution in [0.25, 0.3) is 5.65 Å². The average Bonchev–Trinajstić information content (AvgIpc) is 2.84. The number of pyridine rings is 1. The van der Waals surface area contributed by atoms with E-state index >= 15 is 0 Å². The number of aryl methyl sites for hydroxylation is 1. The van der Waals surface area contributed by atoms with Crippen molar-refractivity contribution >= 4 is 17.5 Å². The van der Waals surface area contributed by atoms with E-state index < -0.39 is 11.9 Å². The number of nitrogens with zero attached hydrogens (tertiary/aromatic N) is 3. The first kappa shape index (κ1) is 15.0. The smallest absolute Gasteiger partial charge is 0.308 e. The molecule has 21 heavy (non-hydrogen) atoms. The van der Waals surface area contributed by atoms with Crippen molar-refractivity contribution in [2.24, 2.45) is 5.92 Å². The zero-order valence-electron chi connectivity index (χ0n) is 12.0. The minimum absolute atomic E-state index is 0.126. The standard InChI is InChI=1S/C14H18N4O3/c1-3-4-10(14(20)21)7-15-13(19)11-5-6-12-17-16-9(2)18(12)8-11/h5-6,8,10H,3-4,7H2,1-2H3,(H,15,19)(H,20,21). The van der Waals surface area contributed by atoms with Crippen molar-refractivity contribution in [3.05, 3.63) is 29.7 Å². The normalized spacial score (nSPS) is 12.3. The molecular weight excluding hydrogens is 272 g/mol. The molecule has 0 aromatic carbocycles. The Morgan fingerprint density at radius 2 is 2.14 bits per heavy atom. The first-order valence-corrected chi connectivity index (χ1v) is 6.85. The van der Waals surface area contributed by atoms with Crippen molar-refractivity contribution in [2.75, 3.05) is 6.54 Å². The van der Waals surface area contributed by atoms with Gasteiger partial charge in [-0.1, -0.05) is 13.3 Å². The maximum absolute atomic E-state index is 12.1. The van der Waals surface area contributed by atoms with Gasteiger partial charge in [-0.25, -0.2) is 0 Å². The van der Waals surface area contributed by atoms with E-state index in [0.29, 0.717) is 23.5 Å². The van der Waals surface area contributed by atoms with Gasteiger partial charge in [0.05, 0.1) is 11.5 Å². The SMILES string of the molecule is CCCC(CNC(=O)c1ccc2nnc(C)n2c1)C(=O)O. The molecule has 0 saturated heterocycles. The third-order valence-electron chi connectivity index (χ3n) is 3.33. The number of fused-ring (bicyclic) bond motifs is 1. The lowest BCUT2D eigenvalue weighted by molar-refractivity contribution is -0.141. The third-order valence-corrected chi connectivity index (χ3v) is 3.33. The van der Waals surface area contributed by atoms with Gasteiger partial charge in [0, 0.05) is 12.7 Å². The summed E-state index contributed by atoms with van der Waals surface area (Å²) in [5.41, 5.74) is 1.12. The Balaban J connectivity index is 2.07. The molecule has 7 heteroatoms. The summed E-state index contributed by atoms with van der Waals surface area (Å²) < 4.78 is 1.72. The molecule has 0 radical (unpaired) electrons. The van der Waals surface area contributed by atoms with Gasteiger partial charge in [-0.3, -0.25) is 14.0 Å². The summed E-state index contributed by atoms with van der Waals surface area (Å²) in [5, 5.41) is 19.6. The van der Waals surface area contributed by atoms with E-state index in [1.54, 1.807) is 29.7 Å². The number of carboxylic acids is 1. The molecule has 2 aromatic rings.